The number of nitrogens with zero attached hydrogens (tertiary/aromatic N) is 4. The fourth-order valence-corrected chi connectivity index (χ4v) is 2.69. The molecule has 0 spiro atoms. The van der Waals surface area contributed by atoms with E-state index in [9.17, 15) is 5.11 Å². The van der Waals surface area contributed by atoms with Crippen LogP contribution in [0.4, 0.5) is 0 Å². The predicted molar refractivity (Wildman–Crippen MR) is 88.6 cm³/mol. The maximum absolute atomic E-state index is 9.49. The van der Waals surface area contributed by atoms with Crippen LogP contribution in [0.5, 0.6) is 5.75 Å². The normalized spacial score (nSPS) is 15.2. The number of halogens is 1. The Morgan fingerprint density at radius 2 is 2.00 bits per heavy atom. The quantitative estimate of drug-likeness (QED) is 0.939. The van der Waals surface area contributed by atoms with Gasteiger partial charge < -0.3 is 10.0 Å². The van der Waals surface area contributed by atoms with Crippen LogP contribution in [-0.4, -0.2) is 44.6 Å². The summed E-state index contributed by atoms with van der Waals surface area (Å²) >= 11 is 5.67. The molecule has 0 amide bonds. The second-order valence-electron chi connectivity index (χ2n) is 5.38. The highest BCUT2D eigenvalue weighted by atomic mass is 35.5. The molecule has 1 fully saturated rings. The summed E-state index contributed by atoms with van der Waals surface area (Å²) in [4.78, 5) is 2.57. The number of piperidine rings is 1. The summed E-state index contributed by atoms with van der Waals surface area (Å²) in [5.74, 6) is 0.0815. The van der Waals surface area contributed by atoms with Gasteiger partial charge in [0, 0.05) is 11.1 Å². The molecule has 1 aliphatic heterocycles. The minimum Gasteiger partial charge on any atom is -0.506 e. The van der Waals surface area contributed by atoms with Gasteiger partial charge in [-0.05, 0) is 51.0 Å². The number of hydrogen-bond donors (Lipinski definition) is 1. The first-order chi connectivity index (χ1) is 10.7. The summed E-state index contributed by atoms with van der Waals surface area (Å²) in [5, 5.41) is 17.3. The van der Waals surface area contributed by atoms with Crippen molar-refractivity contribution in [2.75, 3.05) is 19.6 Å². The molecule has 2 aromatic rings. The number of phenolic OH excluding ortho intramolecular Hbond substituents is 1. The van der Waals surface area contributed by atoms with Crippen LogP contribution in [-0.2, 0) is 0 Å². The van der Waals surface area contributed by atoms with Crippen molar-refractivity contribution in [3.63, 3.8) is 0 Å². The highest BCUT2D eigenvalue weighted by Gasteiger charge is 2.07. The van der Waals surface area contributed by atoms with Crippen LogP contribution in [0.3, 0.4) is 0 Å². The number of phenols is 1. The van der Waals surface area contributed by atoms with E-state index in [1.165, 1.54) is 62.3 Å². The zero-order chi connectivity index (χ0) is 15.8. The lowest BCUT2D eigenvalue weighted by atomic mass is 10.1. The fraction of sp³-hybridized carbons (Fsp3) is 0.500. The number of rotatable bonds is 3. The van der Waals surface area contributed by atoms with Gasteiger partial charge in [0.2, 0.25) is 0 Å². The summed E-state index contributed by atoms with van der Waals surface area (Å²) < 4.78 is 1.46. The average molecular weight is 323 g/mol. The van der Waals surface area contributed by atoms with E-state index in [2.05, 4.69) is 22.1 Å². The van der Waals surface area contributed by atoms with Crippen LogP contribution in [0, 0.1) is 0 Å². The lowest BCUT2D eigenvalue weighted by Gasteiger charge is -2.25. The number of hydrogen-bond acceptors (Lipinski definition) is 4. The van der Waals surface area contributed by atoms with Gasteiger partial charge >= 0.3 is 0 Å². The highest BCUT2D eigenvalue weighted by Crippen LogP contribution is 2.24. The summed E-state index contributed by atoms with van der Waals surface area (Å²) in [6, 6.07) is 4.81. The van der Waals surface area contributed by atoms with Crippen LogP contribution in [0.15, 0.2) is 30.6 Å². The van der Waals surface area contributed by atoms with E-state index in [-0.39, 0.29) is 5.75 Å². The van der Waals surface area contributed by atoms with E-state index in [4.69, 9.17) is 11.6 Å². The van der Waals surface area contributed by atoms with Gasteiger partial charge in [0.25, 0.3) is 0 Å². The van der Waals surface area contributed by atoms with Crippen molar-refractivity contribution in [2.45, 2.75) is 32.6 Å². The summed E-state index contributed by atoms with van der Waals surface area (Å²) in [7, 11) is 0. The zero-order valence-corrected chi connectivity index (χ0v) is 13.7. The molecule has 0 aliphatic carbocycles. The second kappa shape index (κ2) is 8.76. The van der Waals surface area contributed by atoms with E-state index in [1.54, 1.807) is 18.3 Å². The molecule has 2 heterocycles. The first-order valence-corrected chi connectivity index (χ1v) is 8.16. The van der Waals surface area contributed by atoms with E-state index >= 15 is 0 Å². The molecule has 1 saturated heterocycles. The second-order valence-corrected chi connectivity index (χ2v) is 5.82. The molecule has 1 N–H and O–H groups in total. The molecule has 6 heteroatoms. The molecule has 1 aliphatic rings. The van der Waals surface area contributed by atoms with Gasteiger partial charge in [-0.25, -0.2) is 4.68 Å². The molecule has 0 atom stereocenters. The summed E-state index contributed by atoms with van der Waals surface area (Å²) in [5.41, 5.74) is 0.557. The number of aromatic hydroxyl groups is 1. The fourth-order valence-electron chi connectivity index (χ4n) is 2.53. The van der Waals surface area contributed by atoms with Crippen LogP contribution in [0.25, 0.3) is 5.69 Å². The molecule has 5 nitrogen and oxygen atoms in total. The Hall–Kier alpha value is -1.59. The molecule has 1 aromatic heterocycles. The van der Waals surface area contributed by atoms with Gasteiger partial charge in [-0.3, -0.25) is 0 Å². The molecular weight excluding hydrogens is 300 g/mol. The molecule has 1 aromatic carbocycles. The Kier molecular flexibility index (Phi) is 6.68. The molecule has 0 saturated carbocycles. The van der Waals surface area contributed by atoms with E-state index < -0.39 is 0 Å². The molecular formula is C16H23ClN4O. The smallest absolute Gasteiger partial charge is 0.142 e. The van der Waals surface area contributed by atoms with Crippen molar-refractivity contribution in [3.05, 3.63) is 35.6 Å². The van der Waals surface area contributed by atoms with E-state index in [1.807, 2.05) is 0 Å². The largest absolute Gasteiger partial charge is 0.506 e. The van der Waals surface area contributed by atoms with E-state index in [0.29, 0.717) is 10.7 Å². The molecule has 120 valence electrons. The van der Waals surface area contributed by atoms with Crippen molar-refractivity contribution >= 4 is 11.6 Å². The van der Waals surface area contributed by atoms with Gasteiger partial charge in [-0.1, -0.05) is 30.2 Å². The Balaban J connectivity index is 0.000000172. The SMILES string of the molecule is CCCN1CCCCC1.Oc1cc(Cl)ccc1-n1ccnn1. The minimum atomic E-state index is 0.0815. The molecule has 0 bridgehead atoms. The Bertz CT molecular complexity index is 551. The van der Waals surface area contributed by atoms with Gasteiger partial charge in [0.15, 0.2) is 0 Å². The van der Waals surface area contributed by atoms with Crippen molar-refractivity contribution in [1.82, 2.24) is 19.9 Å². The Labute approximate surface area is 136 Å². The van der Waals surface area contributed by atoms with Crippen LogP contribution in [0.2, 0.25) is 5.02 Å². The van der Waals surface area contributed by atoms with Crippen LogP contribution < -0.4 is 0 Å². The first kappa shape index (κ1) is 16.8. The van der Waals surface area contributed by atoms with Gasteiger partial charge in [-0.15, -0.1) is 5.10 Å². The summed E-state index contributed by atoms with van der Waals surface area (Å²) in [6.07, 6.45) is 8.82. The average Bonchev–Trinajstić information content (AvgIpc) is 3.03. The first-order valence-electron chi connectivity index (χ1n) is 7.78. The predicted octanol–water partition coefficient (Wildman–Crippen LogP) is 3.51. The van der Waals surface area contributed by atoms with Gasteiger partial charge in [0.1, 0.15) is 11.4 Å². The number of likely N-dealkylation sites (tertiary alicyclic amines) is 1. The van der Waals surface area contributed by atoms with Crippen LogP contribution >= 0.6 is 11.6 Å². The third kappa shape index (κ3) is 5.00. The molecule has 22 heavy (non-hydrogen) atoms. The molecule has 0 unspecified atom stereocenters. The van der Waals surface area contributed by atoms with Gasteiger partial charge in [-0.2, -0.15) is 0 Å². The van der Waals surface area contributed by atoms with Crippen molar-refractivity contribution < 1.29 is 5.11 Å². The Morgan fingerprint density at radius 1 is 1.23 bits per heavy atom. The van der Waals surface area contributed by atoms with Crippen LogP contribution in [0.1, 0.15) is 32.6 Å². The van der Waals surface area contributed by atoms with Crippen molar-refractivity contribution in [3.8, 4) is 11.4 Å². The monoisotopic (exact) mass is 322 g/mol. The minimum absolute atomic E-state index is 0.0815. The zero-order valence-electron chi connectivity index (χ0n) is 13.0. The molecule has 0 radical (unpaired) electrons. The lowest BCUT2D eigenvalue weighted by molar-refractivity contribution is 0.229. The van der Waals surface area contributed by atoms with Gasteiger partial charge in [0.05, 0.1) is 12.4 Å². The topological polar surface area (TPSA) is 54.2 Å². The summed E-state index contributed by atoms with van der Waals surface area (Å²) in [6.45, 7) is 6.29. The number of benzene rings is 1. The third-order valence-corrected chi connectivity index (χ3v) is 3.83. The highest BCUT2D eigenvalue weighted by molar-refractivity contribution is 6.30. The van der Waals surface area contributed by atoms with E-state index in [0.717, 1.165) is 0 Å². The maximum Gasteiger partial charge on any atom is 0.142 e. The lowest BCUT2D eigenvalue weighted by Crippen LogP contribution is -2.30. The Morgan fingerprint density at radius 3 is 2.59 bits per heavy atom. The maximum atomic E-state index is 9.49. The number of aromatic nitrogens is 3. The standard InChI is InChI=1S/C8H6ClN3O.C8H17N/c9-6-1-2-7(8(13)5-6)12-4-3-10-11-12;1-2-6-9-7-4-3-5-8-9/h1-5,13H;2-8H2,1H3. The third-order valence-electron chi connectivity index (χ3n) is 3.60. The van der Waals surface area contributed by atoms with Crippen molar-refractivity contribution in [1.29, 1.82) is 0 Å². The molecule has 3 rings (SSSR count). The van der Waals surface area contributed by atoms with Crippen molar-refractivity contribution in [2.24, 2.45) is 0 Å².